The van der Waals surface area contributed by atoms with Gasteiger partial charge >= 0.3 is 0 Å². The highest BCUT2D eigenvalue weighted by molar-refractivity contribution is 5.78. The standard InChI is InChI=1S/C20H24N6O/c1-14-15-4-3-5-16(12-15)17-13-23-26-11-6-18(24-20(17)26)21-8-9-22-19(27)7-10-25(14)2/h3-6,11-14H,7-10H2,1-2H3,(H,21,24)(H,22,27). The number of fused-ring (bicyclic) bond motifs is 4. The Kier molecular flexibility index (Phi) is 4.77. The van der Waals surface area contributed by atoms with Crippen LogP contribution >= 0.6 is 0 Å². The molecule has 140 valence electrons. The summed E-state index contributed by atoms with van der Waals surface area (Å²) < 4.78 is 1.79. The Balaban J connectivity index is 1.77. The van der Waals surface area contributed by atoms with Gasteiger partial charge in [-0.05, 0) is 37.2 Å². The van der Waals surface area contributed by atoms with Crippen molar-refractivity contribution < 1.29 is 4.79 Å². The Morgan fingerprint density at radius 1 is 1.19 bits per heavy atom. The molecule has 27 heavy (non-hydrogen) atoms. The van der Waals surface area contributed by atoms with E-state index in [0.29, 0.717) is 26.1 Å². The molecule has 1 aliphatic rings. The molecule has 4 bridgehead atoms. The molecule has 1 aliphatic heterocycles. The van der Waals surface area contributed by atoms with E-state index in [1.54, 1.807) is 4.52 Å². The van der Waals surface area contributed by atoms with E-state index in [-0.39, 0.29) is 11.9 Å². The summed E-state index contributed by atoms with van der Waals surface area (Å²) >= 11 is 0. The van der Waals surface area contributed by atoms with E-state index in [1.807, 2.05) is 18.5 Å². The van der Waals surface area contributed by atoms with Gasteiger partial charge < -0.3 is 10.6 Å². The van der Waals surface area contributed by atoms with E-state index in [1.165, 1.54) is 5.56 Å². The van der Waals surface area contributed by atoms with Crippen molar-refractivity contribution in [2.24, 2.45) is 0 Å². The number of carbonyl (C=O) groups excluding carboxylic acids is 1. The smallest absolute Gasteiger partial charge is 0.221 e. The van der Waals surface area contributed by atoms with Crippen LogP contribution in [0.1, 0.15) is 24.9 Å². The number of amides is 1. The average Bonchev–Trinajstić information content (AvgIpc) is 3.11. The molecule has 7 nitrogen and oxygen atoms in total. The Hall–Kier alpha value is -2.93. The molecule has 3 heterocycles. The fraction of sp³-hybridized carbons (Fsp3) is 0.350. The highest BCUT2D eigenvalue weighted by atomic mass is 16.1. The van der Waals surface area contributed by atoms with Gasteiger partial charge in [-0.15, -0.1) is 0 Å². The molecule has 1 aromatic carbocycles. The lowest BCUT2D eigenvalue weighted by Crippen LogP contribution is -2.32. The van der Waals surface area contributed by atoms with Gasteiger partial charge in [-0.3, -0.25) is 9.69 Å². The number of carbonyl (C=O) groups is 1. The van der Waals surface area contributed by atoms with Gasteiger partial charge in [0.15, 0.2) is 5.65 Å². The number of hydrogen-bond acceptors (Lipinski definition) is 5. The molecule has 2 aromatic heterocycles. The monoisotopic (exact) mass is 364 g/mol. The summed E-state index contributed by atoms with van der Waals surface area (Å²) in [5, 5.41) is 10.7. The zero-order chi connectivity index (χ0) is 18.8. The molecule has 1 atom stereocenters. The van der Waals surface area contributed by atoms with Gasteiger partial charge in [-0.25, -0.2) is 9.50 Å². The summed E-state index contributed by atoms with van der Waals surface area (Å²) in [5.41, 5.74) is 4.12. The highest BCUT2D eigenvalue weighted by Crippen LogP contribution is 2.28. The molecule has 3 aromatic rings. The summed E-state index contributed by atoms with van der Waals surface area (Å²) in [6.45, 7) is 4.07. The average molecular weight is 364 g/mol. The van der Waals surface area contributed by atoms with Crippen LogP contribution in [0.3, 0.4) is 0 Å². The predicted octanol–water partition coefficient (Wildman–Crippen LogP) is 2.32. The maximum Gasteiger partial charge on any atom is 0.221 e. The van der Waals surface area contributed by atoms with Crippen molar-refractivity contribution in [1.29, 1.82) is 0 Å². The fourth-order valence-electron chi connectivity index (χ4n) is 3.34. The topological polar surface area (TPSA) is 74.6 Å². The van der Waals surface area contributed by atoms with Crippen molar-refractivity contribution in [3.8, 4) is 11.1 Å². The van der Waals surface area contributed by atoms with Crippen molar-refractivity contribution in [3.63, 3.8) is 0 Å². The van der Waals surface area contributed by atoms with Crippen molar-refractivity contribution in [2.75, 3.05) is 32.0 Å². The maximum atomic E-state index is 12.1. The summed E-state index contributed by atoms with van der Waals surface area (Å²) in [5.74, 6) is 0.841. The predicted molar refractivity (Wildman–Crippen MR) is 106 cm³/mol. The third kappa shape index (κ3) is 3.64. The molecule has 0 aliphatic carbocycles. The van der Waals surface area contributed by atoms with Crippen LogP contribution in [0, 0.1) is 0 Å². The summed E-state index contributed by atoms with van der Waals surface area (Å²) in [4.78, 5) is 19.0. The van der Waals surface area contributed by atoms with E-state index >= 15 is 0 Å². The number of nitrogens with one attached hydrogen (secondary N) is 2. The van der Waals surface area contributed by atoms with E-state index in [4.69, 9.17) is 4.98 Å². The van der Waals surface area contributed by atoms with Gasteiger partial charge in [0.1, 0.15) is 5.82 Å². The van der Waals surface area contributed by atoms with E-state index in [0.717, 1.165) is 22.6 Å². The number of rotatable bonds is 0. The van der Waals surface area contributed by atoms with Crippen LogP contribution in [-0.4, -0.2) is 52.1 Å². The van der Waals surface area contributed by atoms with Crippen molar-refractivity contribution in [2.45, 2.75) is 19.4 Å². The quantitative estimate of drug-likeness (QED) is 0.640. The van der Waals surface area contributed by atoms with E-state index in [9.17, 15) is 4.79 Å². The largest absolute Gasteiger partial charge is 0.368 e. The zero-order valence-corrected chi connectivity index (χ0v) is 15.6. The summed E-state index contributed by atoms with van der Waals surface area (Å²) in [6.07, 6.45) is 4.25. The Morgan fingerprint density at radius 3 is 2.93 bits per heavy atom. The first-order valence-corrected chi connectivity index (χ1v) is 9.27. The number of hydrogen-bond donors (Lipinski definition) is 2. The first kappa shape index (κ1) is 17.5. The Labute approximate surface area is 158 Å². The van der Waals surface area contributed by atoms with E-state index < -0.39 is 0 Å². The molecule has 1 amide bonds. The third-order valence-electron chi connectivity index (χ3n) is 5.16. The molecular weight excluding hydrogens is 340 g/mol. The van der Waals surface area contributed by atoms with Crippen LogP contribution in [0.4, 0.5) is 5.82 Å². The number of benzene rings is 1. The molecule has 0 fully saturated rings. The lowest BCUT2D eigenvalue weighted by Gasteiger charge is -2.25. The minimum Gasteiger partial charge on any atom is -0.368 e. The van der Waals surface area contributed by atoms with Crippen LogP contribution < -0.4 is 10.6 Å². The van der Waals surface area contributed by atoms with Gasteiger partial charge in [0.2, 0.25) is 5.91 Å². The van der Waals surface area contributed by atoms with Gasteiger partial charge in [-0.2, -0.15) is 5.10 Å². The normalized spacial score (nSPS) is 19.0. The number of nitrogens with zero attached hydrogens (tertiary/aromatic N) is 4. The molecule has 0 saturated heterocycles. The minimum atomic E-state index is 0.0678. The summed E-state index contributed by atoms with van der Waals surface area (Å²) in [6, 6.07) is 10.6. The van der Waals surface area contributed by atoms with Crippen molar-refractivity contribution in [1.82, 2.24) is 24.8 Å². The molecule has 0 saturated carbocycles. The Morgan fingerprint density at radius 2 is 2.04 bits per heavy atom. The van der Waals surface area contributed by atoms with E-state index in [2.05, 4.69) is 58.9 Å². The molecular formula is C20H24N6O. The summed E-state index contributed by atoms with van der Waals surface area (Å²) in [7, 11) is 2.05. The lowest BCUT2D eigenvalue weighted by atomic mass is 10.0. The van der Waals surface area contributed by atoms with Crippen LogP contribution in [0.15, 0.2) is 42.7 Å². The maximum absolute atomic E-state index is 12.1. The fourth-order valence-corrected chi connectivity index (χ4v) is 3.34. The molecule has 2 N–H and O–H groups in total. The molecule has 4 rings (SSSR count). The highest BCUT2D eigenvalue weighted by Gasteiger charge is 2.16. The van der Waals surface area contributed by atoms with Gasteiger partial charge in [0.25, 0.3) is 0 Å². The first-order valence-electron chi connectivity index (χ1n) is 9.27. The second-order valence-corrected chi connectivity index (χ2v) is 6.95. The SMILES string of the molecule is CC1c2cccc(c2)-c2cnn3ccc(nc23)NCCNC(=O)CCN1C. The first-order chi connectivity index (χ1) is 13.1. The lowest BCUT2D eigenvalue weighted by molar-refractivity contribution is -0.121. The second-order valence-electron chi connectivity index (χ2n) is 6.95. The van der Waals surface area contributed by atoms with Crippen LogP contribution in [0.2, 0.25) is 0 Å². The van der Waals surface area contributed by atoms with Gasteiger partial charge in [0, 0.05) is 43.9 Å². The second kappa shape index (κ2) is 7.36. The number of anilines is 1. The third-order valence-corrected chi connectivity index (χ3v) is 5.16. The van der Waals surface area contributed by atoms with Gasteiger partial charge in [0.05, 0.1) is 6.20 Å². The van der Waals surface area contributed by atoms with Crippen LogP contribution in [0.25, 0.3) is 16.8 Å². The van der Waals surface area contributed by atoms with Crippen LogP contribution in [0.5, 0.6) is 0 Å². The van der Waals surface area contributed by atoms with Gasteiger partial charge in [-0.1, -0.05) is 18.2 Å². The Bertz CT molecular complexity index is 966. The molecule has 7 heteroatoms. The molecule has 0 spiro atoms. The molecule has 0 radical (unpaired) electrons. The van der Waals surface area contributed by atoms with Crippen molar-refractivity contribution >= 4 is 17.4 Å². The molecule has 1 unspecified atom stereocenters. The van der Waals surface area contributed by atoms with Crippen molar-refractivity contribution in [3.05, 3.63) is 48.3 Å². The number of aromatic nitrogens is 3. The van der Waals surface area contributed by atoms with Crippen LogP contribution in [-0.2, 0) is 4.79 Å². The minimum absolute atomic E-state index is 0.0678. The zero-order valence-electron chi connectivity index (χ0n) is 15.6.